The number of likely N-dealkylation sites (tertiary alicyclic amines) is 1. The van der Waals surface area contributed by atoms with Crippen molar-refractivity contribution in [2.75, 3.05) is 19.6 Å². The highest BCUT2D eigenvalue weighted by Gasteiger charge is 2.50. The van der Waals surface area contributed by atoms with Crippen molar-refractivity contribution in [3.63, 3.8) is 0 Å². The molecule has 2 aliphatic rings. The second-order valence-corrected chi connectivity index (χ2v) is 4.02. The fourth-order valence-corrected chi connectivity index (χ4v) is 2.11. The summed E-state index contributed by atoms with van der Waals surface area (Å²) in [6, 6.07) is 0. The SMILES string of the molecule is CCN1CCC2(CC2)C(O)C1. The van der Waals surface area contributed by atoms with Gasteiger partial charge >= 0.3 is 0 Å². The van der Waals surface area contributed by atoms with Crippen LogP contribution in [0.2, 0.25) is 0 Å². The Labute approximate surface area is 68.2 Å². The van der Waals surface area contributed by atoms with E-state index in [0.29, 0.717) is 5.41 Å². The minimum Gasteiger partial charge on any atom is -0.391 e. The summed E-state index contributed by atoms with van der Waals surface area (Å²) in [5.41, 5.74) is 0.381. The van der Waals surface area contributed by atoms with E-state index in [4.69, 9.17) is 0 Å². The van der Waals surface area contributed by atoms with Gasteiger partial charge in [0.2, 0.25) is 0 Å². The summed E-state index contributed by atoms with van der Waals surface area (Å²) < 4.78 is 0. The molecule has 11 heavy (non-hydrogen) atoms. The number of β-amino-alcohol motifs (C(OH)–C–C–N with tert-alkyl or cyclic N) is 1. The zero-order valence-corrected chi connectivity index (χ0v) is 7.21. The van der Waals surface area contributed by atoms with Crippen molar-refractivity contribution in [1.82, 2.24) is 4.90 Å². The lowest BCUT2D eigenvalue weighted by Crippen LogP contribution is -2.44. The van der Waals surface area contributed by atoms with Gasteiger partial charge in [-0.05, 0) is 37.8 Å². The molecule has 0 aromatic carbocycles. The standard InChI is InChI=1S/C9H17NO/c1-2-10-6-5-9(3-4-9)8(11)7-10/h8,11H,2-7H2,1H3. The zero-order chi connectivity index (χ0) is 7.90. The molecule has 1 atom stereocenters. The van der Waals surface area contributed by atoms with Gasteiger partial charge in [0.1, 0.15) is 0 Å². The molecule has 1 saturated heterocycles. The van der Waals surface area contributed by atoms with Crippen molar-refractivity contribution in [2.45, 2.75) is 32.3 Å². The molecule has 0 radical (unpaired) electrons. The van der Waals surface area contributed by atoms with Gasteiger partial charge in [-0.25, -0.2) is 0 Å². The van der Waals surface area contributed by atoms with Crippen LogP contribution in [0.4, 0.5) is 0 Å². The number of aliphatic hydroxyl groups excluding tert-OH is 1. The average Bonchev–Trinajstić information content (AvgIpc) is 2.77. The number of nitrogens with zero attached hydrogens (tertiary/aromatic N) is 1. The summed E-state index contributed by atoms with van der Waals surface area (Å²) in [4.78, 5) is 2.34. The van der Waals surface area contributed by atoms with Crippen LogP contribution in [0, 0.1) is 5.41 Å². The normalized spacial score (nSPS) is 36.0. The smallest absolute Gasteiger partial charge is 0.0723 e. The van der Waals surface area contributed by atoms with Crippen LogP contribution in [0.25, 0.3) is 0 Å². The maximum atomic E-state index is 9.76. The predicted octanol–water partition coefficient (Wildman–Crippen LogP) is 0.853. The van der Waals surface area contributed by atoms with Crippen LogP contribution in [0.1, 0.15) is 26.2 Å². The monoisotopic (exact) mass is 155 g/mol. The Morgan fingerprint density at radius 3 is 2.64 bits per heavy atom. The van der Waals surface area contributed by atoms with Crippen LogP contribution in [0.15, 0.2) is 0 Å². The Morgan fingerprint density at radius 2 is 2.18 bits per heavy atom. The summed E-state index contributed by atoms with van der Waals surface area (Å²) in [6.45, 7) is 5.37. The van der Waals surface area contributed by atoms with Crippen LogP contribution in [-0.4, -0.2) is 35.7 Å². The van der Waals surface area contributed by atoms with Crippen LogP contribution in [-0.2, 0) is 0 Å². The second-order valence-electron chi connectivity index (χ2n) is 4.02. The number of likely N-dealkylation sites (N-methyl/N-ethyl adjacent to an activating group) is 1. The Hall–Kier alpha value is -0.0800. The van der Waals surface area contributed by atoms with E-state index in [1.807, 2.05) is 0 Å². The molecular formula is C9H17NO. The van der Waals surface area contributed by atoms with Crippen molar-refractivity contribution in [3.8, 4) is 0 Å². The van der Waals surface area contributed by atoms with Gasteiger partial charge in [-0.1, -0.05) is 6.92 Å². The summed E-state index contributed by atoms with van der Waals surface area (Å²) in [5.74, 6) is 0. The van der Waals surface area contributed by atoms with E-state index in [-0.39, 0.29) is 6.10 Å². The number of rotatable bonds is 1. The summed E-state index contributed by atoms with van der Waals surface area (Å²) >= 11 is 0. The van der Waals surface area contributed by atoms with Gasteiger partial charge in [0, 0.05) is 6.54 Å². The van der Waals surface area contributed by atoms with Crippen molar-refractivity contribution in [3.05, 3.63) is 0 Å². The molecule has 2 nitrogen and oxygen atoms in total. The van der Waals surface area contributed by atoms with Gasteiger partial charge in [-0.3, -0.25) is 0 Å². The minimum atomic E-state index is -0.0313. The summed E-state index contributed by atoms with van der Waals surface area (Å²) in [5, 5.41) is 9.76. The third kappa shape index (κ3) is 1.18. The summed E-state index contributed by atoms with van der Waals surface area (Å²) in [7, 11) is 0. The van der Waals surface area contributed by atoms with E-state index < -0.39 is 0 Å². The first-order chi connectivity index (χ1) is 5.27. The third-order valence-electron chi connectivity index (χ3n) is 3.40. The first-order valence-corrected chi connectivity index (χ1v) is 4.67. The molecule has 0 amide bonds. The number of aliphatic hydroxyl groups is 1. The van der Waals surface area contributed by atoms with Gasteiger partial charge in [0.05, 0.1) is 6.10 Å². The van der Waals surface area contributed by atoms with E-state index >= 15 is 0 Å². The van der Waals surface area contributed by atoms with Gasteiger partial charge in [-0.2, -0.15) is 0 Å². The first-order valence-electron chi connectivity index (χ1n) is 4.67. The predicted molar refractivity (Wildman–Crippen MR) is 44.4 cm³/mol. The maximum absolute atomic E-state index is 9.76. The van der Waals surface area contributed by atoms with Crippen LogP contribution < -0.4 is 0 Å². The van der Waals surface area contributed by atoms with E-state index in [1.165, 1.54) is 25.8 Å². The molecular weight excluding hydrogens is 138 g/mol. The molecule has 1 aliphatic carbocycles. The fraction of sp³-hybridized carbons (Fsp3) is 1.00. The molecule has 0 bridgehead atoms. The van der Waals surface area contributed by atoms with Crippen LogP contribution in [0.5, 0.6) is 0 Å². The van der Waals surface area contributed by atoms with E-state index in [2.05, 4.69) is 11.8 Å². The molecule has 0 aromatic rings. The average molecular weight is 155 g/mol. The molecule has 64 valence electrons. The third-order valence-corrected chi connectivity index (χ3v) is 3.40. The van der Waals surface area contributed by atoms with E-state index in [9.17, 15) is 5.11 Å². The minimum absolute atomic E-state index is 0.0313. The molecule has 1 heterocycles. The lowest BCUT2D eigenvalue weighted by atomic mass is 9.91. The van der Waals surface area contributed by atoms with Crippen molar-refractivity contribution < 1.29 is 5.11 Å². The molecule has 2 rings (SSSR count). The van der Waals surface area contributed by atoms with E-state index in [0.717, 1.165) is 13.1 Å². The lowest BCUT2D eigenvalue weighted by molar-refractivity contribution is 0.0107. The quantitative estimate of drug-likeness (QED) is 0.607. The lowest BCUT2D eigenvalue weighted by Gasteiger charge is -2.35. The highest BCUT2D eigenvalue weighted by Crippen LogP contribution is 2.53. The number of hydrogen-bond donors (Lipinski definition) is 1. The molecule has 2 fully saturated rings. The van der Waals surface area contributed by atoms with Gasteiger partial charge in [0.25, 0.3) is 0 Å². The highest BCUT2D eigenvalue weighted by molar-refractivity contribution is 5.02. The van der Waals surface area contributed by atoms with Crippen LogP contribution in [0.3, 0.4) is 0 Å². The van der Waals surface area contributed by atoms with Crippen molar-refractivity contribution in [1.29, 1.82) is 0 Å². The Morgan fingerprint density at radius 1 is 1.45 bits per heavy atom. The van der Waals surface area contributed by atoms with E-state index in [1.54, 1.807) is 0 Å². The van der Waals surface area contributed by atoms with Crippen LogP contribution >= 0.6 is 0 Å². The Kier molecular flexibility index (Phi) is 1.69. The molecule has 1 N–H and O–H groups in total. The molecule has 2 heteroatoms. The highest BCUT2D eigenvalue weighted by atomic mass is 16.3. The molecule has 1 saturated carbocycles. The Bertz CT molecular complexity index is 154. The zero-order valence-electron chi connectivity index (χ0n) is 7.21. The van der Waals surface area contributed by atoms with Crippen molar-refractivity contribution >= 4 is 0 Å². The Balaban J connectivity index is 1.94. The first kappa shape index (κ1) is 7.56. The largest absolute Gasteiger partial charge is 0.391 e. The number of piperidine rings is 1. The number of hydrogen-bond acceptors (Lipinski definition) is 2. The molecule has 1 spiro atoms. The summed E-state index contributed by atoms with van der Waals surface area (Å²) in [6.07, 6.45) is 3.73. The van der Waals surface area contributed by atoms with Gasteiger partial charge in [0.15, 0.2) is 0 Å². The molecule has 0 aromatic heterocycles. The molecule has 1 unspecified atom stereocenters. The van der Waals surface area contributed by atoms with Crippen molar-refractivity contribution in [2.24, 2.45) is 5.41 Å². The van der Waals surface area contributed by atoms with Gasteiger partial charge in [-0.15, -0.1) is 0 Å². The topological polar surface area (TPSA) is 23.5 Å². The molecule has 1 aliphatic heterocycles. The second kappa shape index (κ2) is 2.46. The fourth-order valence-electron chi connectivity index (χ4n) is 2.11. The maximum Gasteiger partial charge on any atom is 0.0723 e. The van der Waals surface area contributed by atoms with Gasteiger partial charge < -0.3 is 10.0 Å².